The molecule has 0 spiro atoms. The van der Waals surface area contributed by atoms with Crippen molar-refractivity contribution in [3.8, 4) is 11.4 Å². The Hall–Kier alpha value is -2.67. The first-order chi connectivity index (χ1) is 12.2. The van der Waals surface area contributed by atoms with E-state index in [2.05, 4.69) is 10.2 Å². The molecule has 3 aromatic rings. The van der Waals surface area contributed by atoms with Crippen LogP contribution in [0.1, 0.15) is 10.4 Å². The molecule has 0 bridgehead atoms. The molecule has 1 heterocycles. The van der Waals surface area contributed by atoms with Crippen LogP contribution < -0.4 is 0 Å². The van der Waals surface area contributed by atoms with E-state index in [1.165, 1.54) is 17.8 Å². The van der Waals surface area contributed by atoms with Crippen LogP contribution in [-0.2, 0) is 11.8 Å². The minimum atomic E-state index is -0.355. The first kappa shape index (κ1) is 17.2. The van der Waals surface area contributed by atoms with Crippen LogP contribution in [0.5, 0.6) is 0 Å². The Morgan fingerprint density at radius 2 is 1.84 bits per heavy atom. The molecule has 7 heteroatoms. The molecule has 0 saturated carbocycles. The second kappa shape index (κ2) is 7.94. The fourth-order valence-corrected chi connectivity index (χ4v) is 2.97. The molecule has 0 amide bonds. The highest BCUT2D eigenvalue weighted by atomic mass is 32.2. The van der Waals surface area contributed by atoms with Crippen molar-refractivity contribution < 1.29 is 13.9 Å². The van der Waals surface area contributed by atoms with Gasteiger partial charge in [0.05, 0.1) is 11.1 Å². The van der Waals surface area contributed by atoms with Gasteiger partial charge in [-0.05, 0) is 24.3 Å². The van der Waals surface area contributed by atoms with Gasteiger partial charge in [-0.1, -0.05) is 42.1 Å². The van der Waals surface area contributed by atoms with Crippen molar-refractivity contribution in [2.24, 2.45) is 7.05 Å². The summed E-state index contributed by atoms with van der Waals surface area (Å²) in [6.07, 6.45) is 0. The fourth-order valence-electron chi connectivity index (χ4n) is 2.24. The first-order valence-electron chi connectivity index (χ1n) is 7.66. The number of thioether (sulfide) groups is 1. The minimum absolute atomic E-state index is 0.250. The third-order valence-corrected chi connectivity index (χ3v) is 4.49. The summed E-state index contributed by atoms with van der Waals surface area (Å²) in [6, 6.07) is 15.3. The highest BCUT2D eigenvalue weighted by Crippen LogP contribution is 2.24. The van der Waals surface area contributed by atoms with Crippen molar-refractivity contribution >= 4 is 17.7 Å². The summed E-state index contributed by atoms with van der Waals surface area (Å²) in [5.74, 6) is 0.293. The van der Waals surface area contributed by atoms with Crippen LogP contribution in [0, 0.1) is 5.82 Å². The summed E-state index contributed by atoms with van der Waals surface area (Å²) in [7, 11) is 1.78. The number of carbonyl (C=O) groups is 1. The molecule has 5 nitrogen and oxygen atoms in total. The van der Waals surface area contributed by atoms with Gasteiger partial charge in [-0.2, -0.15) is 0 Å². The van der Waals surface area contributed by atoms with Gasteiger partial charge < -0.3 is 9.30 Å². The van der Waals surface area contributed by atoms with E-state index in [0.29, 0.717) is 27.9 Å². The molecule has 2 aromatic carbocycles. The van der Waals surface area contributed by atoms with Crippen molar-refractivity contribution in [3.05, 3.63) is 66.0 Å². The topological polar surface area (TPSA) is 57.0 Å². The van der Waals surface area contributed by atoms with Crippen molar-refractivity contribution in [1.29, 1.82) is 0 Å². The number of benzene rings is 2. The summed E-state index contributed by atoms with van der Waals surface area (Å²) in [6.45, 7) is 0.250. The van der Waals surface area contributed by atoms with Crippen molar-refractivity contribution in [2.75, 3.05) is 12.4 Å². The lowest BCUT2D eigenvalue weighted by molar-refractivity contribution is 0.0530. The molecular formula is C18H16FN3O2S. The molecule has 128 valence electrons. The summed E-state index contributed by atoms with van der Waals surface area (Å²) < 4.78 is 20.8. The average Bonchev–Trinajstić information content (AvgIpc) is 3.00. The third kappa shape index (κ3) is 4.06. The van der Waals surface area contributed by atoms with Gasteiger partial charge in [0.15, 0.2) is 11.0 Å². The average molecular weight is 357 g/mol. The summed E-state index contributed by atoms with van der Waals surface area (Å²) >= 11 is 1.40. The van der Waals surface area contributed by atoms with E-state index in [4.69, 9.17) is 4.74 Å². The van der Waals surface area contributed by atoms with E-state index in [-0.39, 0.29) is 18.4 Å². The minimum Gasteiger partial charge on any atom is -0.461 e. The molecule has 25 heavy (non-hydrogen) atoms. The van der Waals surface area contributed by atoms with Crippen LogP contribution in [0.15, 0.2) is 59.8 Å². The lowest BCUT2D eigenvalue weighted by Crippen LogP contribution is -2.08. The van der Waals surface area contributed by atoms with Crippen molar-refractivity contribution in [1.82, 2.24) is 14.8 Å². The Morgan fingerprint density at radius 1 is 1.12 bits per heavy atom. The molecule has 0 aliphatic carbocycles. The predicted molar refractivity (Wildman–Crippen MR) is 93.8 cm³/mol. The van der Waals surface area contributed by atoms with Crippen molar-refractivity contribution in [2.45, 2.75) is 5.16 Å². The quantitative estimate of drug-likeness (QED) is 0.383. The van der Waals surface area contributed by atoms with Gasteiger partial charge in [0, 0.05) is 12.8 Å². The number of ether oxygens (including phenoxy) is 1. The van der Waals surface area contributed by atoms with E-state index >= 15 is 0 Å². The molecule has 0 N–H and O–H groups in total. The van der Waals surface area contributed by atoms with Gasteiger partial charge in [-0.15, -0.1) is 10.2 Å². The summed E-state index contributed by atoms with van der Waals surface area (Å²) in [5, 5.41) is 8.76. The summed E-state index contributed by atoms with van der Waals surface area (Å²) in [4.78, 5) is 11.8. The zero-order valence-corrected chi connectivity index (χ0v) is 14.4. The zero-order valence-electron chi connectivity index (χ0n) is 13.6. The molecule has 1 aromatic heterocycles. The highest BCUT2D eigenvalue weighted by molar-refractivity contribution is 7.99. The van der Waals surface area contributed by atoms with Gasteiger partial charge in [0.25, 0.3) is 0 Å². The number of aromatic nitrogens is 3. The molecule has 0 aliphatic rings. The highest BCUT2D eigenvalue weighted by Gasteiger charge is 2.14. The van der Waals surface area contributed by atoms with Crippen LogP contribution in [0.25, 0.3) is 11.4 Å². The van der Waals surface area contributed by atoms with Gasteiger partial charge in [-0.3, -0.25) is 0 Å². The number of halogens is 1. The van der Waals surface area contributed by atoms with E-state index in [0.717, 1.165) is 0 Å². The number of nitrogens with zero attached hydrogens (tertiary/aromatic N) is 3. The lowest BCUT2D eigenvalue weighted by atomic mass is 10.2. The SMILES string of the molecule is Cn1c(SCCOC(=O)c2ccccc2)nnc1-c1ccccc1F. The molecule has 0 atom stereocenters. The van der Waals surface area contributed by atoms with Crippen LogP contribution >= 0.6 is 11.8 Å². The number of rotatable bonds is 6. The Balaban J connectivity index is 1.56. The molecule has 0 fully saturated rings. The van der Waals surface area contributed by atoms with E-state index in [9.17, 15) is 9.18 Å². The van der Waals surface area contributed by atoms with Crippen LogP contribution in [-0.4, -0.2) is 33.1 Å². The smallest absolute Gasteiger partial charge is 0.338 e. The monoisotopic (exact) mass is 357 g/mol. The number of hydrogen-bond donors (Lipinski definition) is 0. The Kier molecular flexibility index (Phi) is 5.45. The maximum absolute atomic E-state index is 13.9. The number of carbonyl (C=O) groups excluding carboxylic acids is 1. The van der Waals surface area contributed by atoms with Crippen LogP contribution in [0.2, 0.25) is 0 Å². The molecule has 0 aliphatic heterocycles. The van der Waals surface area contributed by atoms with Crippen molar-refractivity contribution in [3.63, 3.8) is 0 Å². The second-order valence-electron chi connectivity index (χ2n) is 5.20. The summed E-state index contributed by atoms with van der Waals surface area (Å²) in [5.41, 5.74) is 0.924. The molecular weight excluding hydrogens is 341 g/mol. The predicted octanol–water partition coefficient (Wildman–Crippen LogP) is 3.57. The molecule has 3 rings (SSSR count). The van der Waals surface area contributed by atoms with E-state index in [1.54, 1.807) is 54.1 Å². The standard InChI is InChI=1S/C18H16FN3O2S/c1-22-16(14-9-5-6-10-15(14)19)20-21-18(22)25-12-11-24-17(23)13-7-3-2-4-8-13/h2-10H,11-12H2,1H3. The maximum atomic E-state index is 13.9. The lowest BCUT2D eigenvalue weighted by Gasteiger charge is -2.06. The van der Waals surface area contributed by atoms with Gasteiger partial charge in [-0.25, -0.2) is 9.18 Å². The first-order valence-corrected chi connectivity index (χ1v) is 8.64. The maximum Gasteiger partial charge on any atom is 0.338 e. The van der Waals surface area contributed by atoms with Gasteiger partial charge in [0.1, 0.15) is 12.4 Å². The Labute approximate surface area is 148 Å². The Morgan fingerprint density at radius 3 is 2.60 bits per heavy atom. The van der Waals surface area contributed by atoms with Gasteiger partial charge in [0.2, 0.25) is 0 Å². The third-order valence-electron chi connectivity index (χ3n) is 3.51. The van der Waals surface area contributed by atoms with E-state index in [1.807, 2.05) is 6.07 Å². The largest absolute Gasteiger partial charge is 0.461 e. The van der Waals surface area contributed by atoms with Crippen LogP contribution in [0.3, 0.4) is 0 Å². The van der Waals surface area contributed by atoms with E-state index < -0.39 is 0 Å². The van der Waals surface area contributed by atoms with Crippen LogP contribution in [0.4, 0.5) is 4.39 Å². The zero-order chi connectivity index (χ0) is 17.6. The molecule has 0 unspecified atom stereocenters. The normalized spacial score (nSPS) is 10.6. The Bertz CT molecular complexity index is 868. The fraction of sp³-hybridized carbons (Fsp3) is 0.167. The van der Waals surface area contributed by atoms with Gasteiger partial charge >= 0.3 is 5.97 Å². The molecule has 0 saturated heterocycles. The molecule has 0 radical (unpaired) electrons. The number of esters is 1. The number of hydrogen-bond acceptors (Lipinski definition) is 5. The second-order valence-corrected chi connectivity index (χ2v) is 6.26.